The predicted molar refractivity (Wildman–Crippen MR) is 89.5 cm³/mol. The molecule has 0 aliphatic heterocycles. The largest absolute Gasteiger partial charge is 0.490 e. The number of aromatic nitrogens is 1. The number of benzene rings is 1. The van der Waals surface area contributed by atoms with Crippen molar-refractivity contribution in [2.75, 3.05) is 6.61 Å². The quantitative estimate of drug-likeness (QED) is 0.521. The zero-order valence-electron chi connectivity index (χ0n) is 11.2. The molecule has 0 atom stereocenters. The van der Waals surface area contributed by atoms with Crippen molar-refractivity contribution in [3.8, 4) is 5.75 Å². The van der Waals surface area contributed by atoms with Crippen LogP contribution in [0.4, 0.5) is 0 Å². The summed E-state index contributed by atoms with van der Waals surface area (Å²) in [7, 11) is 0. The van der Waals surface area contributed by atoms with Crippen molar-refractivity contribution in [1.29, 1.82) is 0 Å². The number of Topliss-reactive ketones (excluding diaryl/α,β-unsaturated/α-hetero) is 1. The molecule has 0 spiro atoms. The SMILES string of the molecule is CC(=O)CCCCOc1c(I)cc(Cl)c2cccnc12. The van der Waals surface area contributed by atoms with Crippen LogP contribution in [-0.4, -0.2) is 17.4 Å². The van der Waals surface area contributed by atoms with Crippen molar-refractivity contribution in [3.05, 3.63) is 33.0 Å². The summed E-state index contributed by atoms with van der Waals surface area (Å²) < 4.78 is 6.80. The van der Waals surface area contributed by atoms with Crippen LogP contribution in [0.1, 0.15) is 26.2 Å². The van der Waals surface area contributed by atoms with E-state index in [1.54, 1.807) is 13.1 Å². The van der Waals surface area contributed by atoms with Crippen LogP contribution in [0.3, 0.4) is 0 Å². The molecule has 0 radical (unpaired) electrons. The lowest BCUT2D eigenvalue weighted by Gasteiger charge is -2.11. The molecule has 0 saturated heterocycles. The first-order chi connectivity index (χ1) is 9.59. The van der Waals surface area contributed by atoms with Crippen molar-refractivity contribution in [2.24, 2.45) is 0 Å². The number of hydrogen-bond donors (Lipinski definition) is 0. The van der Waals surface area contributed by atoms with Crippen LogP contribution in [0.5, 0.6) is 5.75 Å². The van der Waals surface area contributed by atoms with Gasteiger partial charge in [0.25, 0.3) is 0 Å². The molecule has 20 heavy (non-hydrogen) atoms. The summed E-state index contributed by atoms with van der Waals surface area (Å²) in [6.07, 6.45) is 4.05. The highest BCUT2D eigenvalue weighted by Gasteiger charge is 2.11. The standard InChI is InChI=1S/C15H15ClINO2/c1-10(19)5-2-3-8-20-15-13(17)9-12(16)11-6-4-7-18-14(11)15/h4,6-7,9H,2-3,5,8H2,1H3. The third-order valence-corrected chi connectivity index (χ3v) is 4.03. The molecule has 3 nitrogen and oxygen atoms in total. The molecule has 1 aromatic heterocycles. The van der Waals surface area contributed by atoms with Gasteiger partial charge in [0.05, 0.1) is 15.2 Å². The topological polar surface area (TPSA) is 39.2 Å². The van der Waals surface area contributed by atoms with Crippen LogP contribution in [0.2, 0.25) is 5.02 Å². The molecule has 0 bridgehead atoms. The van der Waals surface area contributed by atoms with Crippen molar-refractivity contribution in [3.63, 3.8) is 0 Å². The molecule has 0 aliphatic rings. The zero-order valence-corrected chi connectivity index (χ0v) is 14.1. The van der Waals surface area contributed by atoms with Gasteiger partial charge in [0, 0.05) is 18.0 Å². The van der Waals surface area contributed by atoms with Gasteiger partial charge in [0.1, 0.15) is 11.3 Å². The first-order valence-electron chi connectivity index (χ1n) is 6.44. The normalized spacial score (nSPS) is 10.8. The summed E-state index contributed by atoms with van der Waals surface area (Å²) in [6, 6.07) is 5.68. The number of carbonyl (C=O) groups is 1. The fourth-order valence-electron chi connectivity index (χ4n) is 1.93. The zero-order chi connectivity index (χ0) is 14.5. The van der Waals surface area contributed by atoms with E-state index in [4.69, 9.17) is 16.3 Å². The molecule has 106 valence electrons. The highest BCUT2D eigenvalue weighted by molar-refractivity contribution is 14.1. The van der Waals surface area contributed by atoms with Gasteiger partial charge in [-0.3, -0.25) is 4.98 Å². The number of ketones is 1. The van der Waals surface area contributed by atoms with E-state index in [-0.39, 0.29) is 5.78 Å². The number of unbranched alkanes of at least 4 members (excludes halogenated alkanes) is 1. The van der Waals surface area contributed by atoms with Crippen LogP contribution >= 0.6 is 34.2 Å². The van der Waals surface area contributed by atoms with Gasteiger partial charge in [-0.2, -0.15) is 0 Å². The second-order valence-corrected chi connectivity index (χ2v) is 6.15. The lowest BCUT2D eigenvalue weighted by Crippen LogP contribution is -2.01. The molecule has 2 rings (SSSR count). The third-order valence-electron chi connectivity index (χ3n) is 2.92. The Morgan fingerprint density at radius 2 is 2.25 bits per heavy atom. The van der Waals surface area contributed by atoms with E-state index >= 15 is 0 Å². The molecule has 1 heterocycles. The Bertz CT molecular complexity index is 631. The Kier molecular flexibility index (Phi) is 5.60. The average molecular weight is 404 g/mol. The van der Waals surface area contributed by atoms with E-state index in [0.717, 1.165) is 33.1 Å². The Balaban J connectivity index is 2.11. The lowest BCUT2D eigenvalue weighted by atomic mass is 10.2. The van der Waals surface area contributed by atoms with Crippen molar-refractivity contribution < 1.29 is 9.53 Å². The van der Waals surface area contributed by atoms with E-state index in [1.807, 2.05) is 18.2 Å². The van der Waals surface area contributed by atoms with E-state index in [2.05, 4.69) is 27.6 Å². The molecule has 0 N–H and O–H groups in total. The summed E-state index contributed by atoms with van der Waals surface area (Å²) in [4.78, 5) is 15.2. The molecule has 0 amide bonds. The maximum atomic E-state index is 10.9. The summed E-state index contributed by atoms with van der Waals surface area (Å²) >= 11 is 8.42. The highest BCUT2D eigenvalue weighted by Crippen LogP contribution is 2.34. The summed E-state index contributed by atoms with van der Waals surface area (Å²) in [5.74, 6) is 0.992. The Hall–Kier alpha value is -0.880. The number of fused-ring (bicyclic) bond motifs is 1. The first kappa shape index (κ1) is 15.5. The first-order valence-corrected chi connectivity index (χ1v) is 7.90. The molecule has 0 aliphatic carbocycles. The average Bonchev–Trinajstić information content (AvgIpc) is 2.41. The van der Waals surface area contributed by atoms with Crippen LogP contribution in [0.25, 0.3) is 10.9 Å². The number of halogens is 2. The fourth-order valence-corrected chi connectivity index (χ4v) is 3.10. The second-order valence-electron chi connectivity index (χ2n) is 4.58. The molecule has 0 fully saturated rings. The number of pyridine rings is 1. The number of rotatable bonds is 6. The van der Waals surface area contributed by atoms with Gasteiger partial charge < -0.3 is 9.53 Å². The van der Waals surface area contributed by atoms with Crippen LogP contribution < -0.4 is 4.74 Å². The Morgan fingerprint density at radius 3 is 3.00 bits per heavy atom. The highest BCUT2D eigenvalue weighted by atomic mass is 127. The Morgan fingerprint density at radius 1 is 1.45 bits per heavy atom. The van der Waals surface area contributed by atoms with Gasteiger partial charge in [-0.1, -0.05) is 11.6 Å². The lowest BCUT2D eigenvalue weighted by molar-refractivity contribution is -0.117. The van der Waals surface area contributed by atoms with E-state index in [1.165, 1.54) is 0 Å². The minimum atomic E-state index is 0.221. The fraction of sp³-hybridized carbons (Fsp3) is 0.333. The Labute approximate surface area is 136 Å². The van der Waals surface area contributed by atoms with Gasteiger partial charge in [0.2, 0.25) is 0 Å². The van der Waals surface area contributed by atoms with Crippen LogP contribution in [-0.2, 0) is 4.79 Å². The molecular weight excluding hydrogens is 389 g/mol. The second kappa shape index (κ2) is 7.22. The van der Waals surface area contributed by atoms with Crippen LogP contribution in [0, 0.1) is 3.57 Å². The minimum Gasteiger partial charge on any atom is -0.490 e. The summed E-state index contributed by atoms with van der Waals surface area (Å²) in [5, 5.41) is 1.58. The number of hydrogen-bond acceptors (Lipinski definition) is 3. The van der Waals surface area contributed by atoms with Gasteiger partial charge in [-0.05, 0) is 60.6 Å². The van der Waals surface area contributed by atoms with Gasteiger partial charge in [-0.15, -0.1) is 0 Å². The molecular formula is C15H15ClINO2. The monoisotopic (exact) mass is 403 g/mol. The molecule has 0 unspecified atom stereocenters. The predicted octanol–water partition coefficient (Wildman–Crippen LogP) is 4.63. The van der Waals surface area contributed by atoms with Crippen molar-refractivity contribution in [2.45, 2.75) is 26.2 Å². The maximum absolute atomic E-state index is 10.9. The van der Waals surface area contributed by atoms with E-state index < -0.39 is 0 Å². The van der Waals surface area contributed by atoms with E-state index in [0.29, 0.717) is 18.1 Å². The number of carbonyl (C=O) groups excluding carboxylic acids is 1. The molecule has 1 aromatic carbocycles. The van der Waals surface area contributed by atoms with Gasteiger partial charge in [-0.25, -0.2) is 0 Å². The van der Waals surface area contributed by atoms with Crippen molar-refractivity contribution >= 4 is 50.9 Å². The third kappa shape index (κ3) is 3.82. The number of nitrogens with zero attached hydrogens (tertiary/aromatic N) is 1. The summed E-state index contributed by atoms with van der Waals surface area (Å²) in [6.45, 7) is 2.19. The molecule has 2 aromatic rings. The minimum absolute atomic E-state index is 0.221. The van der Waals surface area contributed by atoms with Gasteiger partial charge >= 0.3 is 0 Å². The van der Waals surface area contributed by atoms with Crippen molar-refractivity contribution in [1.82, 2.24) is 4.98 Å². The number of ether oxygens (including phenoxy) is 1. The molecule has 0 saturated carbocycles. The van der Waals surface area contributed by atoms with E-state index in [9.17, 15) is 4.79 Å². The smallest absolute Gasteiger partial charge is 0.158 e. The maximum Gasteiger partial charge on any atom is 0.158 e. The van der Waals surface area contributed by atoms with Gasteiger partial charge in [0.15, 0.2) is 5.75 Å². The summed E-state index contributed by atoms with van der Waals surface area (Å²) in [5.41, 5.74) is 0.788. The molecule has 5 heteroatoms. The van der Waals surface area contributed by atoms with Crippen LogP contribution in [0.15, 0.2) is 24.4 Å².